The van der Waals surface area contributed by atoms with Crippen molar-refractivity contribution in [3.8, 4) is 0 Å². The molecule has 4 N–H and O–H groups in total. The molecule has 314 valence electrons. The number of piperazine rings is 1. The summed E-state index contributed by atoms with van der Waals surface area (Å²) in [7, 11) is 0. The Hall–Kier alpha value is -6.59. The summed E-state index contributed by atoms with van der Waals surface area (Å²) in [6.07, 6.45) is 1.80. The third-order valence-corrected chi connectivity index (χ3v) is 11.8. The van der Waals surface area contributed by atoms with Gasteiger partial charge in [-0.15, -0.1) is 0 Å². The van der Waals surface area contributed by atoms with E-state index in [4.69, 9.17) is 4.74 Å². The molecule has 17 heteroatoms. The van der Waals surface area contributed by atoms with Crippen LogP contribution in [0.3, 0.4) is 0 Å². The van der Waals surface area contributed by atoms with Gasteiger partial charge in [0.2, 0.25) is 11.8 Å². The highest BCUT2D eigenvalue weighted by molar-refractivity contribution is 6.23. The molecule has 0 radical (unpaired) electrons. The number of aromatic nitrogens is 2. The van der Waals surface area contributed by atoms with Crippen LogP contribution in [0.5, 0.6) is 0 Å². The minimum absolute atomic E-state index is 0.00882. The van der Waals surface area contributed by atoms with E-state index >= 15 is 4.39 Å². The monoisotopic (exact) mass is 834 g/mol. The van der Waals surface area contributed by atoms with E-state index in [0.717, 1.165) is 41.1 Å². The second-order valence-electron chi connectivity index (χ2n) is 15.8. The maximum absolute atomic E-state index is 15.5. The van der Waals surface area contributed by atoms with Crippen LogP contribution in [0, 0.1) is 17.5 Å². The zero-order chi connectivity index (χ0) is 42.4. The SMILES string of the molecule is O=C1CCC(N2C(=O)c3cc(F)c(CN4CCN(c5ccc(C(=O)Nc6n[nH]c7ccc(Cc8cc(F)cc(F)c8)cc67)c(NC6CCOCC6)c5)CC4)cc3C2=O)C(=O)N1. The molecule has 0 saturated carbocycles. The normalized spacial score (nSPS) is 18.8. The number of carbonyl (C=O) groups excluding carboxylic acids is 5. The first-order valence-corrected chi connectivity index (χ1v) is 20.2. The molecule has 3 saturated heterocycles. The van der Waals surface area contributed by atoms with Crippen molar-refractivity contribution in [2.24, 2.45) is 0 Å². The molecule has 9 rings (SSSR count). The molecule has 61 heavy (non-hydrogen) atoms. The first-order chi connectivity index (χ1) is 29.5. The minimum atomic E-state index is -1.14. The number of aromatic amines is 1. The predicted octanol–water partition coefficient (Wildman–Crippen LogP) is 5.14. The summed E-state index contributed by atoms with van der Waals surface area (Å²) < 4.78 is 48.8. The van der Waals surface area contributed by atoms with Crippen LogP contribution in [-0.4, -0.2) is 101 Å². The number of hydrogen-bond acceptors (Lipinski definition) is 10. The predicted molar refractivity (Wildman–Crippen MR) is 218 cm³/mol. The van der Waals surface area contributed by atoms with Gasteiger partial charge in [-0.25, -0.2) is 13.2 Å². The van der Waals surface area contributed by atoms with Crippen LogP contribution in [0.15, 0.2) is 66.7 Å². The Kier molecular flexibility index (Phi) is 10.8. The Morgan fingerprint density at radius 2 is 1.56 bits per heavy atom. The fraction of sp³-hybridized carbons (Fsp3) is 0.318. The molecule has 0 spiro atoms. The third kappa shape index (κ3) is 8.17. The highest BCUT2D eigenvalue weighted by atomic mass is 19.1. The van der Waals surface area contributed by atoms with E-state index in [1.165, 1.54) is 18.2 Å². The molecular formula is C44H41F3N8O6. The van der Waals surface area contributed by atoms with Crippen molar-refractivity contribution < 1.29 is 41.9 Å². The Bertz CT molecular complexity index is 2580. The molecule has 4 aromatic carbocycles. The molecule has 5 amide bonds. The molecule has 14 nitrogen and oxygen atoms in total. The van der Waals surface area contributed by atoms with E-state index in [0.29, 0.717) is 72.9 Å². The van der Waals surface area contributed by atoms with Crippen LogP contribution in [0.4, 0.5) is 30.4 Å². The standard InChI is InChI=1S/C44H41F3N8O6/c45-27-16-25(17-28(46)20-27)15-24-1-4-36-34(18-24)40(52-51-36)50-41(57)31-3-2-30(21-37(31)48-29-7-13-61-14-8-29)54-11-9-53(10-12-54)23-26-19-32-33(22-35(26)47)44(60)55(43(32)59)38-5-6-39(56)49-42(38)58/h1-4,16-22,29,38,48H,5-15,23H2,(H,49,56,58)(H2,50,51,52,57). The van der Waals surface area contributed by atoms with Gasteiger partial charge in [0.1, 0.15) is 23.5 Å². The number of fused-ring (bicyclic) bond motifs is 2. The summed E-state index contributed by atoms with van der Waals surface area (Å²) in [6, 6.07) is 15.9. The number of piperidine rings is 1. The van der Waals surface area contributed by atoms with E-state index in [1.54, 1.807) is 12.1 Å². The Balaban J connectivity index is 0.887. The quantitative estimate of drug-likeness (QED) is 0.138. The zero-order valence-electron chi connectivity index (χ0n) is 32.9. The maximum atomic E-state index is 15.5. The molecule has 1 aromatic heterocycles. The molecule has 5 heterocycles. The Labute approximate surface area is 347 Å². The van der Waals surface area contributed by atoms with Crippen molar-refractivity contribution >= 4 is 57.6 Å². The first kappa shape index (κ1) is 39.8. The number of amides is 5. The summed E-state index contributed by atoms with van der Waals surface area (Å²) in [5.41, 5.74) is 4.05. The smallest absolute Gasteiger partial charge is 0.262 e. The van der Waals surface area contributed by atoms with Gasteiger partial charge in [-0.3, -0.25) is 44.2 Å². The van der Waals surface area contributed by atoms with Gasteiger partial charge in [-0.05, 0) is 91.4 Å². The van der Waals surface area contributed by atoms with Crippen molar-refractivity contribution in [2.75, 3.05) is 54.9 Å². The third-order valence-electron chi connectivity index (χ3n) is 11.8. The number of nitrogens with one attached hydrogen (secondary N) is 4. The van der Waals surface area contributed by atoms with Crippen molar-refractivity contribution in [1.82, 2.24) is 25.3 Å². The number of ether oxygens (including phenoxy) is 1. The van der Waals surface area contributed by atoms with Crippen LogP contribution in [0.25, 0.3) is 10.9 Å². The lowest BCUT2D eigenvalue weighted by Gasteiger charge is -2.36. The van der Waals surface area contributed by atoms with Gasteiger partial charge >= 0.3 is 0 Å². The van der Waals surface area contributed by atoms with Gasteiger partial charge in [0.25, 0.3) is 17.7 Å². The summed E-state index contributed by atoms with van der Waals surface area (Å²) in [4.78, 5) is 69.7. The molecular weight excluding hydrogens is 794 g/mol. The van der Waals surface area contributed by atoms with Crippen LogP contribution in [0.2, 0.25) is 0 Å². The van der Waals surface area contributed by atoms with Crippen LogP contribution >= 0.6 is 0 Å². The summed E-state index contributed by atoms with van der Waals surface area (Å²) in [5.74, 6) is -4.66. The molecule has 1 atom stereocenters. The zero-order valence-corrected chi connectivity index (χ0v) is 32.9. The van der Waals surface area contributed by atoms with Gasteiger partial charge in [0, 0.05) is 86.8 Å². The van der Waals surface area contributed by atoms with E-state index in [9.17, 15) is 32.8 Å². The number of rotatable bonds is 10. The fourth-order valence-electron chi connectivity index (χ4n) is 8.56. The Morgan fingerprint density at radius 3 is 2.30 bits per heavy atom. The number of carbonyl (C=O) groups is 5. The number of H-pyrrole nitrogens is 1. The molecule has 4 aliphatic heterocycles. The van der Waals surface area contributed by atoms with E-state index in [1.807, 2.05) is 24.3 Å². The lowest BCUT2D eigenvalue weighted by atomic mass is 10.0. The second-order valence-corrected chi connectivity index (χ2v) is 15.8. The van der Waals surface area contributed by atoms with Crippen molar-refractivity contribution in [1.29, 1.82) is 0 Å². The van der Waals surface area contributed by atoms with Crippen molar-refractivity contribution in [3.05, 3.63) is 118 Å². The second kappa shape index (κ2) is 16.5. The Morgan fingerprint density at radius 1 is 0.820 bits per heavy atom. The minimum Gasteiger partial charge on any atom is -0.381 e. The number of imide groups is 2. The number of benzene rings is 4. The number of nitrogens with zero attached hydrogens (tertiary/aromatic N) is 4. The number of hydrogen-bond donors (Lipinski definition) is 4. The van der Waals surface area contributed by atoms with Crippen LogP contribution in [-0.2, 0) is 27.3 Å². The molecule has 0 bridgehead atoms. The molecule has 3 fully saturated rings. The summed E-state index contributed by atoms with van der Waals surface area (Å²) >= 11 is 0. The molecule has 5 aromatic rings. The van der Waals surface area contributed by atoms with E-state index in [2.05, 4.69) is 35.9 Å². The van der Waals surface area contributed by atoms with E-state index < -0.39 is 47.1 Å². The van der Waals surface area contributed by atoms with Gasteiger partial charge in [-0.1, -0.05) is 6.07 Å². The average Bonchev–Trinajstić information content (AvgIpc) is 3.73. The van der Waals surface area contributed by atoms with Crippen molar-refractivity contribution in [2.45, 2.75) is 50.7 Å². The number of anilines is 3. The molecule has 1 unspecified atom stereocenters. The van der Waals surface area contributed by atoms with Crippen LogP contribution in [0.1, 0.15) is 73.4 Å². The molecule has 4 aliphatic rings. The van der Waals surface area contributed by atoms with Crippen molar-refractivity contribution in [3.63, 3.8) is 0 Å². The van der Waals surface area contributed by atoms with Gasteiger partial charge < -0.3 is 20.3 Å². The number of halogens is 3. The summed E-state index contributed by atoms with van der Waals surface area (Å²) in [5, 5.41) is 16.6. The topological polar surface area (TPSA) is 169 Å². The lowest BCUT2D eigenvalue weighted by molar-refractivity contribution is -0.136. The fourth-order valence-corrected chi connectivity index (χ4v) is 8.56. The molecule has 0 aliphatic carbocycles. The largest absolute Gasteiger partial charge is 0.381 e. The highest BCUT2D eigenvalue weighted by Gasteiger charge is 2.45. The van der Waals surface area contributed by atoms with Gasteiger partial charge in [0.05, 0.1) is 22.2 Å². The lowest BCUT2D eigenvalue weighted by Crippen LogP contribution is -2.54. The summed E-state index contributed by atoms with van der Waals surface area (Å²) in [6.45, 7) is 3.66. The maximum Gasteiger partial charge on any atom is 0.262 e. The first-order valence-electron chi connectivity index (χ1n) is 20.2. The highest BCUT2D eigenvalue weighted by Crippen LogP contribution is 2.32. The average molecular weight is 835 g/mol. The van der Waals surface area contributed by atoms with E-state index in [-0.39, 0.29) is 54.4 Å². The van der Waals surface area contributed by atoms with Gasteiger partial charge in [0.15, 0.2) is 5.82 Å². The van der Waals surface area contributed by atoms with Gasteiger partial charge in [-0.2, -0.15) is 5.10 Å². The van der Waals surface area contributed by atoms with Crippen LogP contribution < -0.4 is 20.9 Å².